The topological polar surface area (TPSA) is 108 Å². The number of carbonyl (C=O) groups excluding carboxylic acids is 2. The number of rotatable bonds is 8. The van der Waals surface area contributed by atoms with E-state index in [0.29, 0.717) is 24.9 Å². The van der Waals surface area contributed by atoms with Crippen molar-refractivity contribution in [3.05, 3.63) is 59.7 Å². The summed E-state index contributed by atoms with van der Waals surface area (Å²) in [7, 11) is -3.66. The smallest absolute Gasteiger partial charge is 0.263 e. The van der Waals surface area contributed by atoms with E-state index in [0.717, 1.165) is 37.1 Å². The van der Waals surface area contributed by atoms with Gasteiger partial charge in [0.1, 0.15) is 11.9 Å². The van der Waals surface area contributed by atoms with Crippen LogP contribution >= 0.6 is 0 Å². The number of hydrogen-bond donors (Lipinski definition) is 2. The summed E-state index contributed by atoms with van der Waals surface area (Å²) in [5.41, 5.74) is 2.26. The van der Waals surface area contributed by atoms with Crippen LogP contribution in [0.25, 0.3) is 0 Å². The van der Waals surface area contributed by atoms with Gasteiger partial charge in [0.15, 0.2) is 0 Å². The van der Waals surface area contributed by atoms with Crippen LogP contribution in [-0.4, -0.2) is 38.7 Å². The Morgan fingerprint density at radius 1 is 1.18 bits per heavy atom. The quantitative estimate of drug-likeness (QED) is 0.621. The molecule has 2 aromatic rings. The average Bonchev–Trinajstić information content (AvgIpc) is 3.35. The van der Waals surface area contributed by atoms with Crippen molar-refractivity contribution >= 4 is 33.4 Å². The summed E-state index contributed by atoms with van der Waals surface area (Å²) < 4.78 is 27.2. The number of amides is 2. The minimum atomic E-state index is -3.66. The summed E-state index contributed by atoms with van der Waals surface area (Å²) >= 11 is 0. The molecule has 0 aliphatic carbocycles. The number of carbonyl (C=O) groups is 2. The number of sulfonamides is 1. The van der Waals surface area contributed by atoms with Crippen molar-refractivity contribution in [3.63, 3.8) is 0 Å². The number of amidine groups is 1. The van der Waals surface area contributed by atoms with E-state index in [2.05, 4.69) is 15.0 Å². The lowest BCUT2D eigenvalue weighted by atomic mass is 10.1. The second kappa shape index (κ2) is 9.74. The second-order valence-corrected chi connectivity index (χ2v) is 9.92. The van der Waals surface area contributed by atoms with Gasteiger partial charge in [-0.25, -0.2) is 8.42 Å². The molecule has 2 heterocycles. The number of nitrogens with zero attached hydrogens (tertiary/aromatic N) is 2. The Hall–Kier alpha value is -3.20. The van der Waals surface area contributed by atoms with Crippen LogP contribution in [0, 0.1) is 0 Å². The summed E-state index contributed by atoms with van der Waals surface area (Å²) in [5, 5.41) is 2.92. The summed E-state index contributed by atoms with van der Waals surface area (Å²) in [5.74, 6) is 0.0952. The lowest BCUT2D eigenvalue weighted by Crippen LogP contribution is -2.35. The number of aliphatic imine (C=N–C) groups is 1. The van der Waals surface area contributed by atoms with E-state index in [4.69, 9.17) is 0 Å². The largest absolute Gasteiger partial charge is 0.350 e. The summed E-state index contributed by atoms with van der Waals surface area (Å²) in [6.07, 6.45) is 3.67. The van der Waals surface area contributed by atoms with Crippen LogP contribution in [0.15, 0.2) is 58.4 Å². The van der Waals surface area contributed by atoms with E-state index in [1.54, 1.807) is 23.1 Å². The minimum Gasteiger partial charge on any atom is -0.350 e. The molecule has 0 spiro atoms. The predicted molar refractivity (Wildman–Crippen MR) is 126 cm³/mol. The Labute approximate surface area is 194 Å². The van der Waals surface area contributed by atoms with E-state index >= 15 is 0 Å². The van der Waals surface area contributed by atoms with Crippen LogP contribution in [0.3, 0.4) is 0 Å². The zero-order valence-electron chi connectivity index (χ0n) is 18.6. The van der Waals surface area contributed by atoms with Gasteiger partial charge in [0.2, 0.25) is 11.8 Å². The zero-order valence-corrected chi connectivity index (χ0v) is 19.4. The maximum Gasteiger partial charge on any atom is 0.263 e. The van der Waals surface area contributed by atoms with Gasteiger partial charge in [0.05, 0.1) is 4.90 Å². The highest BCUT2D eigenvalue weighted by atomic mass is 32.2. The molecular weight excluding hydrogens is 440 g/mol. The standard InChI is InChI=1S/C24H28N4O4S/c1-2-3-8-20(26-23-19-7-4-5-9-21(19)33(31,32)27-23)24(30)25-16-17-11-13-18(14-12-17)28-15-6-10-22(28)29/h4-5,7,9,11-14,20H,2-3,6,8,10,15-16H2,1H3,(H,25,30)(H,26,27). The van der Waals surface area contributed by atoms with Crippen molar-refractivity contribution < 1.29 is 18.0 Å². The third-order valence-electron chi connectivity index (χ3n) is 5.87. The van der Waals surface area contributed by atoms with E-state index in [-0.39, 0.29) is 22.5 Å². The predicted octanol–water partition coefficient (Wildman–Crippen LogP) is 2.73. The minimum absolute atomic E-state index is 0.137. The highest BCUT2D eigenvalue weighted by Crippen LogP contribution is 2.24. The van der Waals surface area contributed by atoms with Gasteiger partial charge in [0, 0.05) is 30.8 Å². The molecule has 33 heavy (non-hydrogen) atoms. The van der Waals surface area contributed by atoms with Crippen molar-refractivity contribution in [2.75, 3.05) is 11.4 Å². The summed E-state index contributed by atoms with van der Waals surface area (Å²) in [6.45, 7) is 3.09. The molecule has 2 amide bonds. The fourth-order valence-corrected chi connectivity index (χ4v) is 5.30. The average molecular weight is 469 g/mol. The second-order valence-electron chi connectivity index (χ2n) is 8.27. The van der Waals surface area contributed by atoms with Crippen LogP contribution in [0.1, 0.15) is 50.2 Å². The first kappa shape index (κ1) is 23.0. The Bertz CT molecular complexity index is 1180. The van der Waals surface area contributed by atoms with Gasteiger partial charge < -0.3 is 10.2 Å². The molecule has 4 rings (SSSR count). The third-order valence-corrected chi connectivity index (χ3v) is 7.27. The number of benzene rings is 2. The Balaban J connectivity index is 1.45. The number of fused-ring (bicyclic) bond motifs is 1. The molecule has 2 aliphatic heterocycles. The van der Waals surface area contributed by atoms with Crippen LogP contribution in [0.4, 0.5) is 5.69 Å². The first-order valence-corrected chi connectivity index (χ1v) is 12.7. The SMILES string of the molecule is CCCCC(N=C1NS(=O)(=O)c2ccccc21)C(=O)NCc1ccc(N2CCCC2=O)cc1. The molecule has 2 aromatic carbocycles. The van der Waals surface area contributed by atoms with Gasteiger partial charge in [-0.3, -0.25) is 19.3 Å². The number of unbranched alkanes of at least 4 members (excludes halogenated alkanes) is 1. The molecule has 174 valence electrons. The van der Waals surface area contributed by atoms with Crippen molar-refractivity contribution in [3.8, 4) is 0 Å². The fourth-order valence-electron chi connectivity index (χ4n) is 4.06. The van der Waals surface area contributed by atoms with Crippen molar-refractivity contribution in [1.82, 2.24) is 10.0 Å². The molecular formula is C24H28N4O4S. The molecule has 0 aromatic heterocycles. The fraction of sp³-hybridized carbons (Fsp3) is 0.375. The van der Waals surface area contributed by atoms with Crippen molar-refractivity contribution in [2.24, 2.45) is 4.99 Å². The first-order chi connectivity index (χ1) is 15.9. The molecule has 0 radical (unpaired) electrons. The molecule has 2 N–H and O–H groups in total. The lowest BCUT2D eigenvalue weighted by molar-refractivity contribution is -0.122. The normalized spacial score (nSPS) is 18.8. The molecule has 0 saturated carbocycles. The van der Waals surface area contributed by atoms with Crippen LogP contribution in [0.5, 0.6) is 0 Å². The molecule has 9 heteroatoms. The van der Waals surface area contributed by atoms with Crippen molar-refractivity contribution in [1.29, 1.82) is 0 Å². The van der Waals surface area contributed by atoms with Gasteiger partial charge in [-0.1, -0.05) is 44.0 Å². The highest BCUT2D eigenvalue weighted by molar-refractivity contribution is 7.90. The Morgan fingerprint density at radius 2 is 1.94 bits per heavy atom. The highest BCUT2D eigenvalue weighted by Gasteiger charge is 2.31. The van der Waals surface area contributed by atoms with E-state index in [9.17, 15) is 18.0 Å². The van der Waals surface area contributed by atoms with Crippen LogP contribution in [0.2, 0.25) is 0 Å². The Kier molecular flexibility index (Phi) is 6.78. The monoisotopic (exact) mass is 468 g/mol. The number of nitrogens with one attached hydrogen (secondary N) is 2. The van der Waals surface area contributed by atoms with Gasteiger partial charge in [-0.05, 0) is 42.7 Å². The van der Waals surface area contributed by atoms with Crippen LogP contribution < -0.4 is 14.9 Å². The van der Waals surface area contributed by atoms with E-state index in [1.165, 1.54) is 6.07 Å². The van der Waals surface area contributed by atoms with Gasteiger partial charge in [0.25, 0.3) is 10.0 Å². The van der Waals surface area contributed by atoms with E-state index in [1.807, 2.05) is 31.2 Å². The van der Waals surface area contributed by atoms with E-state index < -0.39 is 16.1 Å². The van der Waals surface area contributed by atoms with Gasteiger partial charge in [-0.15, -0.1) is 0 Å². The maximum atomic E-state index is 13.0. The summed E-state index contributed by atoms with van der Waals surface area (Å²) in [6, 6.07) is 13.5. The lowest BCUT2D eigenvalue weighted by Gasteiger charge is -2.17. The molecule has 8 nitrogen and oxygen atoms in total. The molecule has 1 unspecified atom stereocenters. The maximum absolute atomic E-state index is 13.0. The van der Waals surface area contributed by atoms with Crippen molar-refractivity contribution in [2.45, 2.75) is 56.5 Å². The third kappa shape index (κ3) is 5.08. The molecule has 1 saturated heterocycles. The molecule has 0 bridgehead atoms. The number of hydrogen-bond acceptors (Lipinski definition) is 5. The zero-order chi connectivity index (χ0) is 23.4. The number of anilines is 1. The van der Waals surface area contributed by atoms with Crippen LogP contribution in [-0.2, 0) is 26.2 Å². The first-order valence-electron chi connectivity index (χ1n) is 11.3. The summed E-state index contributed by atoms with van der Waals surface area (Å²) in [4.78, 5) is 31.3. The van der Waals surface area contributed by atoms with Gasteiger partial charge >= 0.3 is 0 Å². The molecule has 1 atom stereocenters. The molecule has 1 fully saturated rings. The molecule has 2 aliphatic rings. The Morgan fingerprint density at radius 3 is 2.64 bits per heavy atom. The van der Waals surface area contributed by atoms with Gasteiger partial charge in [-0.2, -0.15) is 0 Å².